The summed E-state index contributed by atoms with van der Waals surface area (Å²) in [5.74, 6) is 0.0341. The Bertz CT molecular complexity index is 1170. The average Bonchev–Trinajstić information content (AvgIpc) is 3.17. The van der Waals surface area contributed by atoms with Gasteiger partial charge in [0, 0.05) is 23.6 Å². The molecule has 2 aromatic heterocycles. The predicted octanol–water partition coefficient (Wildman–Crippen LogP) is 4.65. The minimum atomic E-state index is -0.469. The van der Waals surface area contributed by atoms with Crippen LogP contribution in [0.1, 0.15) is 12.5 Å². The zero-order valence-electron chi connectivity index (χ0n) is 16.8. The van der Waals surface area contributed by atoms with Crippen molar-refractivity contribution in [1.29, 1.82) is 0 Å². The average molecular weight is 434 g/mol. The van der Waals surface area contributed by atoms with Gasteiger partial charge in [-0.3, -0.25) is 14.3 Å². The van der Waals surface area contributed by atoms with Gasteiger partial charge in [0.15, 0.2) is 11.0 Å². The van der Waals surface area contributed by atoms with E-state index in [4.69, 9.17) is 0 Å². The lowest BCUT2D eigenvalue weighted by molar-refractivity contribution is -0.115. The highest BCUT2D eigenvalue weighted by Crippen LogP contribution is 2.28. The summed E-state index contributed by atoms with van der Waals surface area (Å²) in [6.07, 6.45) is 3.44. The molecule has 0 aliphatic heterocycles. The number of amides is 1. The molecule has 0 saturated carbocycles. The zero-order chi connectivity index (χ0) is 21.6. The maximum atomic E-state index is 13.4. The quantitative estimate of drug-likeness (QED) is 0.430. The van der Waals surface area contributed by atoms with Gasteiger partial charge in [-0.25, -0.2) is 4.39 Å². The van der Waals surface area contributed by atoms with Crippen molar-refractivity contribution < 1.29 is 9.18 Å². The summed E-state index contributed by atoms with van der Waals surface area (Å²) in [5.41, 5.74) is 2.35. The Balaban J connectivity index is 1.58. The summed E-state index contributed by atoms with van der Waals surface area (Å²) < 4.78 is 15.4. The van der Waals surface area contributed by atoms with Gasteiger partial charge in [-0.1, -0.05) is 48.2 Å². The molecule has 1 amide bonds. The number of pyridine rings is 1. The van der Waals surface area contributed by atoms with Crippen LogP contribution in [0.4, 0.5) is 10.1 Å². The van der Waals surface area contributed by atoms with Crippen molar-refractivity contribution >= 4 is 23.4 Å². The van der Waals surface area contributed by atoms with Crippen molar-refractivity contribution in [2.45, 2.75) is 23.9 Å². The van der Waals surface area contributed by atoms with Crippen molar-refractivity contribution in [2.24, 2.45) is 0 Å². The SMILES string of the molecule is CC(Sc1nnc(-c2cccnc2)n1Cc1ccccc1)C(=O)Nc1cccc(F)c1. The molecule has 4 rings (SSSR count). The van der Waals surface area contributed by atoms with Crippen LogP contribution in [-0.4, -0.2) is 30.9 Å². The molecule has 0 fully saturated rings. The van der Waals surface area contributed by atoms with Crippen LogP contribution >= 0.6 is 11.8 Å². The lowest BCUT2D eigenvalue weighted by atomic mass is 10.2. The molecule has 8 heteroatoms. The van der Waals surface area contributed by atoms with E-state index in [1.807, 2.05) is 47.0 Å². The van der Waals surface area contributed by atoms with Crippen LogP contribution in [0.15, 0.2) is 84.3 Å². The van der Waals surface area contributed by atoms with Gasteiger partial charge in [0.2, 0.25) is 5.91 Å². The van der Waals surface area contributed by atoms with E-state index in [0.29, 0.717) is 23.2 Å². The first-order valence-corrected chi connectivity index (χ1v) is 10.6. The van der Waals surface area contributed by atoms with E-state index in [0.717, 1.165) is 11.1 Å². The number of benzene rings is 2. The number of hydrogen-bond donors (Lipinski definition) is 1. The number of thioether (sulfide) groups is 1. The first-order chi connectivity index (χ1) is 15.1. The second-order valence-electron chi connectivity index (χ2n) is 6.88. The molecule has 6 nitrogen and oxygen atoms in total. The largest absolute Gasteiger partial charge is 0.325 e. The van der Waals surface area contributed by atoms with E-state index in [1.165, 1.54) is 23.9 Å². The molecule has 0 spiro atoms. The second kappa shape index (κ2) is 9.53. The zero-order valence-corrected chi connectivity index (χ0v) is 17.6. The van der Waals surface area contributed by atoms with Crippen LogP contribution < -0.4 is 5.32 Å². The molecule has 31 heavy (non-hydrogen) atoms. The van der Waals surface area contributed by atoms with Gasteiger partial charge in [-0.15, -0.1) is 10.2 Å². The Morgan fingerprint density at radius 3 is 2.68 bits per heavy atom. The van der Waals surface area contributed by atoms with E-state index in [1.54, 1.807) is 31.5 Å². The monoisotopic (exact) mass is 433 g/mol. The minimum Gasteiger partial charge on any atom is -0.325 e. The molecule has 4 aromatic rings. The lowest BCUT2D eigenvalue weighted by Gasteiger charge is -2.14. The normalized spacial score (nSPS) is 11.8. The molecule has 1 N–H and O–H groups in total. The number of halogens is 1. The molecule has 1 atom stereocenters. The molecule has 0 saturated heterocycles. The Hall–Kier alpha value is -3.52. The third-order valence-electron chi connectivity index (χ3n) is 4.56. The molecule has 2 aromatic carbocycles. The van der Waals surface area contributed by atoms with E-state index in [-0.39, 0.29) is 5.91 Å². The standard InChI is InChI=1S/C23H20FN5OS/c1-16(22(30)26-20-11-5-10-19(24)13-20)31-23-28-27-21(18-9-6-12-25-14-18)29(23)15-17-7-3-2-4-8-17/h2-14,16H,15H2,1H3,(H,26,30). The van der Waals surface area contributed by atoms with Crippen LogP contribution in [0.25, 0.3) is 11.4 Å². The second-order valence-corrected chi connectivity index (χ2v) is 8.19. The van der Waals surface area contributed by atoms with E-state index in [9.17, 15) is 9.18 Å². The molecule has 0 aliphatic rings. The number of nitrogens with one attached hydrogen (secondary N) is 1. The summed E-state index contributed by atoms with van der Waals surface area (Å²) in [6.45, 7) is 2.34. The third kappa shape index (κ3) is 5.16. The Morgan fingerprint density at radius 1 is 1.10 bits per heavy atom. The van der Waals surface area contributed by atoms with Crippen LogP contribution in [0, 0.1) is 5.82 Å². The number of rotatable bonds is 7. The van der Waals surface area contributed by atoms with E-state index < -0.39 is 11.1 Å². The summed E-state index contributed by atoms with van der Waals surface area (Å²) in [6, 6.07) is 19.6. The number of carbonyl (C=O) groups is 1. The summed E-state index contributed by atoms with van der Waals surface area (Å²) in [7, 11) is 0. The topological polar surface area (TPSA) is 72.7 Å². The highest BCUT2D eigenvalue weighted by molar-refractivity contribution is 8.00. The number of hydrogen-bond acceptors (Lipinski definition) is 5. The van der Waals surface area contributed by atoms with E-state index in [2.05, 4.69) is 20.5 Å². The van der Waals surface area contributed by atoms with Gasteiger partial charge in [-0.2, -0.15) is 0 Å². The van der Waals surface area contributed by atoms with Gasteiger partial charge in [0.1, 0.15) is 5.82 Å². The molecular formula is C23H20FN5OS. The fourth-order valence-corrected chi connectivity index (χ4v) is 3.86. The molecule has 0 radical (unpaired) electrons. The fourth-order valence-electron chi connectivity index (χ4n) is 3.01. The summed E-state index contributed by atoms with van der Waals surface area (Å²) in [5, 5.41) is 11.6. The number of nitrogens with zero attached hydrogens (tertiary/aromatic N) is 4. The van der Waals surface area contributed by atoms with Gasteiger partial charge < -0.3 is 5.32 Å². The molecule has 156 valence electrons. The molecular weight excluding hydrogens is 413 g/mol. The number of carbonyl (C=O) groups excluding carboxylic acids is 1. The summed E-state index contributed by atoms with van der Waals surface area (Å²) >= 11 is 1.30. The Labute approximate surface area is 183 Å². The van der Waals surface area contributed by atoms with Crippen molar-refractivity contribution in [3.63, 3.8) is 0 Å². The van der Waals surface area contributed by atoms with Gasteiger partial charge >= 0.3 is 0 Å². The highest BCUT2D eigenvalue weighted by Gasteiger charge is 2.21. The van der Waals surface area contributed by atoms with Crippen LogP contribution in [0.3, 0.4) is 0 Å². The molecule has 0 aliphatic carbocycles. The molecule has 1 unspecified atom stereocenters. The Kier molecular flexibility index (Phi) is 6.37. The minimum absolute atomic E-state index is 0.243. The van der Waals surface area contributed by atoms with Gasteiger partial charge in [0.25, 0.3) is 0 Å². The van der Waals surface area contributed by atoms with Crippen molar-refractivity contribution in [3.8, 4) is 11.4 Å². The van der Waals surface area contributed by atoms with Crippen LogP contribution in [0.5, 0.6) is 0 Å². The number of anilines is 1. The fraction of sp³-hybridized carbons (Fsp3) is 0.130. The maximum absolute atomic E-state index is 13.4. The summed E-state index contributed by atoms with van der Waals surface area (Å²) in [4.78, 5) is 16.8. The van der Waals surface area contributed by atoms with Crippen LogP contribution in [0.2, 0.25) is 0 Å². The van der Waals surface area contributed by atoms with Crippen molar-refractivity contribution in [3.05, 3.63) is 90.5 Å². The lowest BCUT2D eigenvalue weighted by Crippen LogP contribution is -2.23. The first kappa shape index (κ1) is 20.7. The molecule has 2 heterocycles. The number of aromatic nitrogens is 4. The van der Waals surface area contributed by atoms with Gasteiger partial charge in [-0.05, 0) is 42.8 Å². The smallest absolute Gasteiger partial charge is 0.237 e. The highest BCUT2D eigenvalue weighted by atomic mass is 32.2. The Morgan fingerprint density at radius 2 is 1.94 bits per heavy atom. The maximum Gasteiger partial charge on any atom is 0.237 e. The predicted molar refractivity (Wildman–Crippen MR) is 119 cm³/mol. The first-order valence-electron chi connectivity index (χ1n) is 9.71. The van der Waals surface area contributed by atoms with Crippen molar-refractivity contribution in [1.82, 2.24) is 19.7 Å². The molecule has 0 bridgehead atoms. The van der Waals surface area contributed by atoms with Gasteiger partial charge in [0.05, 0.1) is 11.8 Å². The van der Waals surface area contributed by atoms with E-state index >= 15 is 0 Å². The third-order valence-corrected chi connectivity index (χ3v) is 5.64. The van der Waals surface area contributed by atoms with Crippen molar-refractivity contribution in [2.75, 3.05) is 5.32 Å². The van der Waals surface area contributed by atoms with Crippen LogP contribution in [-0.2, 0) is 11.3 Å².